The second-order valence-corrected chi connectivity index (χ2v) is 7.10. The van der Waals surface area contributed by atoms with Gasteiger partial charge in [0.2, 0.25) is 0 Å². The molecule has 2 fully saturated rings. The minimum absolute atomic E-state index is 0.172. The molecule has 0 radical (unpaired) electrons. The molecule has 3 rings (SSSR count). The van der Waals surface area contributed by atoms with E-state index in [1.807, 2.05) is 26.0 Å². The maximum Gasteiger partial charge on any atom is 0.349 e. The maximum atomic E-state index is 12.3. The van der Waals surface area contributed by atoms with Gasteiger partial charge in [-0.05, 0) is 44.4 Å². The molecular weight excluding hydrogens is 376 g/mol. The Kier molecular flexibility index (Phi) is 6.34. The molecule has 154 valence electrons. The molecule has 2 aliphatic rings. The normalized spacial score (nSPS) is 19.2. The standard InChI is InChI=1S/C20H24N4O5/c1-13-8-15(14(2)24(13)11-17-4-3-7-28-17)9-16(10-21)19(26)29-12-18(25)23-6-5-22-20(23)27/h8-9,17H,3-7,11-12H2,1-2H3,(H,22,27)/b16-9+/t17-/m0/s1. The number of hydrogen-bond donors (Lipinski definition) is 1. The highest BCUT2D eigenvalue weighted by molar-refractivity contribution is 6.01. The van der Waals surface area contributed by atoms with Crippen LogP contribution >= 0.6 is 0 Å². The van der Waals surface area contributed by atoms with Crippen LogP contribution in [-0.4, -0.2) is 59.8 Å². The first-order chi connectivity index (χ1) is 13.9. The zero-order chi connectivity index (χ0) is 21.0. The summed E-state index contributed by atoms with van der Waals surface area (Å²) in [7, 11) is 0. The van der Waals surface area contributed by atoms with E-state index in [0.717, 1.165) is 47.8 Å². The minimum atomic E-state index is -0.899. The number of aromatic nitrogens is 1. The van der Waals surface area contributed by atoms with E-state index in [9.17, 15) is 19.6 Å². The lowest BCUT2D eigenvalue weighted by atomic mass is 10.1. The van der Waals surface area contributed by atoms with Crippen LogP contribution in [0.25, 0.3) is 6.08 Å². The smallest absolute Gasteiger partial charge is 0.349 e. The van der Waals surface area contributed by atoms with Gasteiger partial charge < -0.3 is 19.4 Å². The highest BCUT2D eigenvalue weighted by Gasteiger charge is 2.27. The van der Waals surface area contributed by atoms with Gasteiger partial charge in [-0.3, -0.25) is 9.69 Å². The quantitative estimate of drug-likeness (QED) is 0.437. The van der Waals surface area contributed by atoms with Gasteiger partial charge >= 0.3 is 12.0 Å². The summed E-state index contributed by atoms with van der Waals surface area (Å²) in [6.45, 7) is 5.38. The molecule has 29 heavy (non-hydrogen) atoms. The lowest BCUT2D eigenvalue weighted by Gasteiger charge is -2.14. The Morgan fingerprint density at radius 1 is 1.45 bits per heavy atom. The van der Waals surface area contributed by atoms with Crippen LogP contribution in [0.15, 0.2) is 11.6 Å². The molecule has 1 N–H and O–H groups in total. The number of hydrogen-bond acceptors (Lipinski definition) is 6. The van der Waals surface area contributed by atoms with Gasteiger partial charge in [-0.15, -0.1) is 0 Å². The van der Waals surface area contributed by atoms with Gasteiger partial charge in [0.1, 0.15) is 11.6 Å². The fraction of sp³-hybridized carbons (Fsp3) is 0.500. The molecule has 9 heteroatoms. The fourth-order valence-corrected chi connectivity index (χ4v) is 3.53. The van der Waals surface area contributed by atoms with Gasteiger partial charge in [0.25, 0.3) is 5.91 Å². The number of nitriles is 1. The molecule has 0 unspecified atom stereocenters. The van der Waals surface area contributed by atoms with Crippen LogP contribution in [-0.2, 0) is 25.6 Å². The van der Waals surface area contributed by atoms with Crippen molar-refractivity contribution in [3.63, 3.8) is 0 Å². The number of nitrogens with zero attached hydrogens (tertiary/aromatic N) is 3. The molecule has 0 spiro atoms. The predicted octanol–water partition coefficient (Wildman–Crippen LogP) is 1.29. The zero-order valence-electron chi connectivity index (χ0n) is 16.6. The Balaban J connectivity index is 1.67. The van der Waals surface area contributed by atoms with Crippen LogP contribution < -0.4 is 5.32 Å². The minimum Gasteiger partial charge on any atom is -0.451 e. The number of ether oxygens (including phenoxy) is 2. The average Bonchev–Trinajstić information content (AvgIpc) is 3.42. The number of carbonyl (C=O) groups is 3. The number of rotatable bonds is 6. The number of imide groups is 1. The van der Waals surface area contributed by atoms with Gasteiger partial charge in [0.15, 0.2) is 6.61 Å². The van der Waals surface area contributed by atoms with Crippen molar-refractivity contribution >= 4 is 24.0 Å². The Morgan fingerprint density at radius 2 is 2.24 bits per heavy atom. The summed E-state index contributed by atoms with van der Waals surface area (Å²) in [6.07, 6.45) is 3.70. The number of urea groups is 1. The molecule has 2 aliphatic heterocycles. The Morgan fingerprint density at radius 3 is 2.86 bits per heavy atom. The number of nitrogens with one attached hydrogen (secondary N) is 1. The average molecular weight is 400 g/mol. The first-order valence-electron chi connectivity index (χ1n) is 9.56. The highest BCUT2D eigenvalue weighted by Crippen LogP contribution is 2.22. The van der Waals surface area contributed by atoms with E-state index < -0.39 is 24.5 Å². The SMILES string of the molecule is Cc1cc(/C=C(\C#N)C(=O)OCC(=O)N2CCNC2=O)c(C)n1C[C@@H]1CCCO1. The molecule has 0 aliphatic carbocycles. The van der Waals surface area contributed by atoms with Crippen molar-refractivity contribution in [1.82, 2.24) is 14.8 Å². The monoisotopic (exact) mass is 400 g/mol. The lowest BCUT2D eigenvalue weighted by Crippen LogP contribution is -2.37. The lowest BCUT2D eigenvalue weighted by molar-refractivity contribution is -0.146. The Labute approximate surface area is 168 Å². The van der Waals surface area contributed by atoms with Crippen LogP contribution in [0.4, 0.5) is 4.79 Å². The largest absolute Gasteiger partial charge is 0.451 e. The highest BCUT2D eigenvalue weighted by atomic mass is 16.5. The van der Waals surface area contributed by atoms with Crippen LogP contribution in [0.1, 0.15) is 29.8 Å². The number of esters is 1. The Bertz CT molecular complexity index is 889. The molecule has 0 aromatic carbocycles. The van der Waals surface area contributed by atoms with Crippen molar-refractivity contribution in [2.75, 3.05) is 26.3 Å². The third-order valence-electron chi connectivity index (χ3n) is 5.15. The molecule has 9 nitrogen and oxygen atoms in total. The van der Waals surface area contributed by atoms with Crippen molar-refractivity contribution in [2.24, 2.45) is 0 Å². The summed E-state index contributed by atoms with van der Waals surface area (Å²) in [6, 6.07) is 3.21. The van der Waals surface area contributed by atoms with Gasteiger partial charge in [0, 0.05) is 37.6 Å². The van der Waals surface area contributed by atoms with Crippen LogP contribution in [0.3, 0.4) is 0 Å². The zero-order valence-corrected chi connectivity index (χ0v) is 16.6. The van der Waals surface area contributed by atoms with Crippen molar-refractivity contribution in [3.05, 3.63) is 28.6 Å². The van der Waals surface area contributed by atoms with Gasteiger partial charge in [-0.2, -0.15) is 5.26 Å². The van der Waals surface area contributed by atoms with Gasteiger partial charge in [-0.1, -0.05) is 0 Å². The fourth-order valence-electron chi connectivity index (χ4n) is 3.53. The van der Waals surface area contributed by atoms with E-state index in [4.69, 9.17) is 9.47 Å². The van der Waals surface area contributed by atoms with E-state index in [1.165, 1.54) is 6.08 Å². The molecule has 3 heterocycles. The van der Waals surface area contributed by atoms with Crippen LogP contribution in [0.2, 0.25) is 0 Å². The third kappa shape index (κ3) is 4.66. The summed E-state index contributed by atoms with van der Waals surface area (Å²) in [5.74, 6) is -1.52. The van der Waals surface area contributed by atoms with Crippen LogP contribution in [0.5, 0.6) is 0 Å². The predicted molar refractivity (Wildman–Crippen MR) is 103 cm³/mol. The first-order valence-corrected chi connectivity index (χ1v) is 9.56. The summed E-state index contributed by atoms with van der Waals surface area (Å²) >= 11 is 0. The van der Waals surface area contributed by atoms with E-state index in [1.54, 1.807) is 0 Å². The van der Waals surface area contributed by atoms with Gasteiger partial charge in [0.05, 0.1) is 6.10 Å². The first kappa shape index (κ1) is 20.6. The number of aryl methyl sites for hydroxylation is 1. The van der Waals surface area contributed by atoms with Crippen molar-refractivity contribution in [2.45, 2.75) is 39.3 Å². The summed E-state index contributed by atoms with van der Waals surface area (Å²) in [5.41, 5.74) is 2.45. The van der Waals surface area contributed by atoms with Crippen molar-refractivity contribution in [1.29, 1.82) is 5.26 Å². The molecule has 1 aromatic rings. The van der Waals surface area contributed by atoms with E-state index >= 15 is 0 Å². The molecule has 1 atom stereocenters. The maximum absolute atomic E-state index is 12.3. The summed E-state index contributed by atoms with van der Waals surface area (Å²) < 4.78 is 12.7. The molecule has 0 saturated carbocycles. The van der Waals surface area contributed by atoms with E-state index in [2.05, 4.69) is 9.88 Å². The summed E-state index contributed by atoms with van der Waals surface area (Å²) in [4.78, 5) is 36.7. The molecule has 1 aromatic heterocycles. The molecular formula is C20H24N4O5. The van der Waals surface area contributed by atoms with Crippen molar-refractivity contribution in [3.8, 4) is 6.07 Å². The number of amides is 3. The molecule has 2 saturated heterocycles. The van der Waals surface area contributed by atoms with Crippen LogP contribution in [0, 0.1) is 25.2 Å². The third-order valence-corrected chi connectivity index (χ3v) is 5.15. The number of carbonyl (C=O) groups excluding carboxylic acids is 3. The second-order valence-electron chi connectivity index (χ2n) is 7.10. The Hall–Kier alpha value is -3.12. The molecule has 0 bridgehead atoms. The molecule has 3 amide bonds. The second kappa shape index (κ2) is 8.92. The van der Waals surface area contributed by atoms with Crippen molar-refractivity contribution < 1.29 is 23.9 Å². The van der Waals surface area contributed by atoms with Gasteiger partial charge in [-0.25, -0.2) is 9.59 Å². The topological polar surface area (TPSA) is 114 Å². The van der Waals surface area contributed by atoms with E-state index in [-0.39, 0.29) is 18.2 Å². The summed E-state index contributed by atoms with van der Waals surface area (Å²) in [5, 5.41) is 11.9. The van der Waals surface area contributed by atoms with E-state index in [0.29, 0.717) is 6.54 Å².